The van der Waals surface area contributed by atoms with Gasteiger partial charge in [0.1, 0.15) is 0 Å². The Morgan fingerprint density at radius 3 is 3.00 bits per heavy atom. The summed E-state index contributed by atoms with van der Waals surface area (Å²) in [5.74, 6) is 1.05. The monoisotopic (exact) mass is 283 g/mol. The lowest BCUT2D eigenvalue weighted by molar-refractivity contribution is 0.143. The van der Waals surface area contributed by atoms with E-state index in [4.69, 9.17) is 9.47 Å². The smallest absolute Gasteiger partial charge is 0.193 e. The predicted molar refractivity (Wildman–Crippen MR) is 81.1 cm³/mol. The number of likely N-dealkylation sites (tertiary alicyclic amines) is 1. The highest BCUT2D eigenvalue weighted by Gasteiger charge is 2.42. The second-order valence-corrected chi connectivity index (χ2v) is 5.85. The molecule has 0 aromatic carbocycles. The van der Waals surface area contributed by atoms with Crippen molar-refractivity contribution in [3.63, 3.8) is 0 Å². The number of hydrogen-bond acceptors (Lipinski definition) is 3. The Morgan fingerprint density at radius 2 is 2.30 bits per heavy atom. The molecule has 2 aliphatic rings. The van der Waals surface area contributed by atoms with E-state index in [1.165, 1.54) is 12.8 Å². The molecule has 20 heavy (non-hydrogen) atoms. The van der Waals surface area contributed by atoms with Crippen LogP contribution in [0.15, 0.2) is 4.99 Å². The fourth-order valence-corrected chi connectivity index (χ4v) is 3.09. The van der Waals surface area contributed by atoms with Crippen LogP contribution in [0.3, 0.4) is 0 Å². The number of aliphatic imine (C=N–C) groups is 1. The number of guanidine groups is 1. The Bertz CT molecular complexity index is 314. The average Bonchev–Trinajstić information content (AvgIpc) is 3.09. The summed E-state index contributed by atoms with van der Waals surface area (Å²) in [6.07, 6.45) is 4.67. The second kappa shape index (κ2) is 7.84. The third-order valence-corrected chi connectivity index (χ3v) is 4.34. The molecule has 1 N–H and O–H groups in total. The van der Waals surface area contributed by atoms with Crippen molar-refractivity contribution in [2.75, 3.05) is 53.1 Å². The van der Waals surface area contributed by atoms with Crippen LogP contribution in [-0.4, -0.2) is 64.0 Å². The van der Waals surface area contributed by atoms with E-state index in [0.717, 1.165) is 64.9 Å². The van der Waals surface area contributed by atoms with Crippen molar-refractivity contribution in [2.45, 2.75) is 32.6 Å². The van der Waals surface area contributed by atoms with Crippen molar-refractivity contribution >= 4 is 5.96 Å². The Labute approximate surface area is 122 Å². The lowest BCUT2D eigenvalue weighted by Gasteiger charge is -2.24. The third kappa shape index (κ3) is 4.09. The summed E-state index contributed by atoms with van der Waals surface area (Å²) >= 11 is 0. The van der Waals surface area contributed by atoms with Gasteiger partial charge in [0.15, 0.2) is 5.96 Å². The van der Waals surface area contributed by atoms with Gasteiger partial charge < -0.3 is 19.7 Å². The fourth-order valence-electron chi connectivity index (χ4n) is 3.09. The van der Waals surface area contributed by atoms with E-state index in [-0.39, 0.29) is 0 Å². The second-order valence-electron chi connectivity index (χ2n) is 5.85. The minimum Gasteiger partial charge on any atom is -0.382 e. The van der Waals surface area contributed by atoms with Crippen LogP contribution in [0.5, 0.6) is 0 Å². The molecule has 2 fully saturated rings. The molecule has 0 amide bonds. The first-order valence-corrected chi connectivity index (χ1v) is 7.91. The number of nitrogens with zero attached hydrogens (tertiary/aromatic N) is 2. The van der Waals surface area contributed by atoms with E-state index < -0.39 is 0 Å². The van der Waals surface area contributed by atoms with Gasteiger partial charge in [-0.1, -0.05) is 0 Å². The molecule has 1 unspecified atom stereocenters. The molecule has 0 aromatic rings. The van der Waals surface area contributed by atoms with E-state index >= 15 is 0 Å². The summed E-state index contributed by atoms with van der Waals surface area (Å²) in [6.45, 7) is 8.73. The van der Waals surface area contributed by atoms with E-state index in [9.17, 15) is 0 Å². The summed E-state index contributed by atoms with van der Waals surface area (Å²) in [5, 5.41) is 3.47. The molecule has 2 saturated heterocycles. The van der Waals surface area contributed by atoms with Crippen molar-refractivity contribution in [1.29, 1.82) is 0 Å². The SMILES string of the molecule is CCOCCCCNC(=NC)N1CCC2(CCOC2)C1. The van der Waals surface area contributed by atoms with Gasteiger partial charge in [-0.05, 0) is 32.6 Å². The molecule has 1 atom stereocenters. The first-order chi connectivity index (χ1) is 9.79. The molecule has 2 rings (SSSR count). The number of ether oxygens (including phenoxy) is 2. The molecule has 0 radical (unpaired) electrons. The number of unbranched alkanes of at least 4 members (excludes halogenated alkanes) is 1. The van der Waals surface area contributed by atoms with Crippen LogP contribution >= 0.6 is 0 Å². The van der Waals surface area contributed by atoms with Gasteiger partial charge in [-0.15, -0.1) is 0 Å². The van der Waals surface area contributed by atoms with Gasteiger partial charge in [0.2, 0.25) is 0 Å². The zero-order chi connectivity index (χ0) is 14.3. The topological polar surface area (TPSA) is 46.1 Å². The van der Waals surface area contributed by atoms with E-state index in [0.29, 0.717) is 5.41 Å². The Balaban J connectivity index is 1.67. The fraction of sp³-hybridized carbons (Fsp3) is 0.933. The first-order valence-electron chi connectivity index (χ1n) is 7.91. The molecule has 0 aliphatic carbocycles. The van der Waals surface area contributed by atoms with Crippen LogP contribution in [0.25, 0.3) is 0 Å². The molecule has 0 aromatic heterocycles. The van der Waals surface area contributed by atoms with Gasteiger partial charge in [-0.25, -0.2) is 0 Å². The zero-order valence-electron chi connectivity index (χ0n) is 13.0. The molecule has 0 saturated carbocycles. The molecule has 1 spiro atoms. The van der Waals surface area contributed by atoms with E-state index in [1.54, 1.807) is 0 Å². The lowest BCUT2D eigenvalue weighted by atomic mass is 9.87. The molecule has 5 heteroatoms. The van der Waals surface area contributed by atoms with Crippen LogP contribution < -0.4 is 5.32 Å². The normalized spacial score (nSPS) is 26.7. The summed E-state index contributed by atoms with van der Waals surface area (Å²) in [7, 11) is 1.87. The largest absolute Gasteiger partial charge is 0.382 e. The van der Waals surface area contributed by atoms with Crippen molar-refractivity contribution in [3.05, 3.63) is 0 Å². The zero-order valence-corrected chi connectivity index (χ0v) is 13.0. The van der Waals surface area contributed by atoms with Crippen LogP contribution in [0, 0.1) is 5.41 Å². The minimum absolute atomic E-state index is 0.395. The first kappa shape index (κ1) is 15.6. The quantitative estimate of drug-likeness (QED) is 0.456. The lowest BCUT2D eigenvalue weighted by Crippen LogP contribution is -2.41. The number of rotatable bonds is 6. The number of nitrogens with one attached hydrogen (secondary N) is 1. The highest BCUT2D eigenvalue weighted by molar-refractivity contribution is 5.80. The maximum absolute atomic E-state index is 5.58. The highest BCUT2D eigenvalue weighted by atomic mass is 16.5. The van der Waals surface area contributed by atoms with Crippen LogP contribution in [0.2, 0.25) is 0 Å². The molecule has 116 valence electrons. The van der Waals surface area contributed by atoms with Crippen LogP contribution in [-0.2, 0) is 9.47 Å². The molecule has 2 heterocycles. The van der Waals surface area contributed by atoms with E-state index in [2.05, 4.69) is 15.2 Å². The van der Waals surface area contributed by atoms with E-state index in [1.807, 2.05) is 14.0 Å². The molecule has 2 aliphatic heterocycles. The predicted octanol–water partition coefficient (Wildman–Crippen LogP) is 1.49. The third-order valence-electron chi connectivity index (χ3n) is 4.34. The van der Waals surface area contributed by atoms with Crippen LogP contribution in [0.1, 0.15) is 32.6 Å². The molecule has 5 nitrogen and oxygen atoms in total. The van der Waals surface area contributed by atoms with Crippen molar-refractivity contribution in [1.82, 2.24) is 10.2 Å². The van der Waals surface area contributed by atoms with Gasteiger partial charge in [-0.3, -0.25) is 4.99 Å². The molecular formula is C15H29N3O2. The molecular weight excluding hydrogens is 254 g/mol. The van der Waals surface area contributed by atoms with Crippen molar-refractivity contribution in [3.8, 4) is 0 Å². The molecule has 0 bridgehead atoms. The number of hydrogen-bond donors (Lipinski definition) is 1. The van der Waals surface area contributed by atoms with Crippen molar-refractivity contribution in [2.24, 2.45) is 10.4 Å². The summed E-state index contributed by atoms with van der Waals surface area (Å²) < 4.78 is 10.9. The van der Waals surface area contributed by atoms with Crippen molar-refractivity contribution < 1.29 is 9.47 Å². The minimum atomic E-state index is 0.395. The summed E-state index contributed by atoms with van der Waals surface area (Å²) in [4.78, 5) is 6.80. The Morgan fingerprint density at radius 1 is 1.40 bits per heavy atom. The maximum atomic E-state index is 5.58. The van der Waals surface area contributed by atoms with Gasteiger partial charge in [0.05, 0.1) is 6.61 Å². The Hall–Kier alpha value is -0.810. The van der Waals surface area contributed by atoms with Gasteiger partial charge in [0, 0.05) is 51.9 Å². The van der Waals surface area contributed by atoms with Gasteiger partial charge in [0.25, 0.3) is 0 Å². The average molecular weight is 283 g/mol. The maximum Gasteiger partial charge on any atom is 0.193 e. The summed E-state index contributed by atoms with van der Waals surface area (Å²) in [6, 6.07) is 0. The van der Waals surface area contributed by atoms with Crippen LogP contribution in [0.4, 0.5) is 0 Å². The van der Waals surface area contributed by atoms with Gasteiger partial charge >= 0.3 is 0 Å². The highest BCUT2D eigenvalue weighted by Crippen LogP contribution is 2.38. The summed E-state index contributed by atoms with van der Waals surface area (Å²) in [5.41, 5.74) is 0.395. The standard InChI is InChI=1S/C15H29N3O2/c1-3-19-10-5-4-8-17-14(16-2)18-9-6-15(12-18)7-11-20-13-15/h3-13H2,1-2H3,(H,16,17). The Kier molecular flexibility index (Phi) is 6.10. The van der Waals surface area contributed by atoms with Gasteiger partial charge in [-0.2, -0.15) is 0 Å².